The number of alkyl halides is 3. The van der Waals surface area contributed by atoms with Crippen LogP contribution in [0, 0.1) is 0 Å². The number of benzene rings is 1. The third-order valence-corrected chi connectivity index (χ3v) is 4.57. The second-order valence-corrected chi connectivity index (χ2v) is 6.54. The van der Waals surface area contributed by atoms with Crippen LogP contribution in [0.15, 0.2) is 46.8 Å². The Kier molecular flexibility index (Phi) is 6.53. The van der Waals surface area contributed by atoms with Crippen molar-refractivity contribution in [3.05, 3.63) is 57.9 Å². The first-order valence-corrected chi connectivity index (χ1v) is 8.99. The molecule has 0 unspecified atom stereocenters. The summed E-state index contributed by atoms with van der Waals surface area (Å²) in [6.07, 6.45) is -3.08. The molecule has 1 aliphatic rings. The molecule has 0 spiro atoms. The number of carboxylic acid groups (broad SMARTS) is 2. The van der Waals surface area contributed by atoms with Crippen molar-refractivity contribution in [3.63, 3.8) is 0 Å². The predicted octanol–water partition coefficient (Wildman–Crippen LogP) is 4.67. The van der Waals surface area contributed by atoms with Gasteiger partial charge in [0.2, 0.25) is 0 Å². The van der Waals surface area contributed by atoms with Crippen LogP contribution in [0.3, 0.4) is 0 Å². The Bertz CT molecular complexity index is 800. The lowest BCUT2D eigenvalue weighted by Gasteiger charge is -2.32. The number of nitrogens with one attached hydrogen (secondary N) is 1. The lowest BCUT2D eigenvalue weighted by molar-refractivity contribution is -0.139. The third-order valence-electron chi connectivity index (χ3n) is 4.57. The van der Waals surface area contributed by atoms with E-state index >= 15 is 0 Å². The fourth-order valence-corrected chi connectivity index (χ4v) is 3.53. The maximum absolute atomic E-state index is 13.6. The van der Waals surface area contributed by atoms with Crippen molar-refractivity contribution < 1.29 is 33.0 Å². The summed E-state index contributed by atoms with van der Waals surface area (Å²) in [6.45, 7) is 3.62. The van der Waals surface area contributed by atoms with Crippen LogP contribution in [-0.4, -0.2) is 22.2 Å². The van der Waals surface area contributed by atoms with Gasteiger partial charge in [-0.05, 0) is 24.5 Å². The van der Waals surface area contributed by atoms with E-state index in [1.165, 1.54) is 12.1 Å². The maximum atomic E-state index is 13.6. The predicted molar refractivity (Wildman–Crippen MR) is 96.5 cm³/mol. The Labute approximate surface area is 160 Å². The minimum absolute atomic E-state index is 0.255. The van der Waals surface area contributed by atoms with Gasteiger partial charge in [0.25, 0.3) is 0 Å². The molecule has 152 valence electrons. The molecular formula is C20H22F3NO4. The molecule has 0 saturated carbocycles. The summed E-state index contributed by atoms with van der Waals surface area (Å²) in [6, 6.07) is 4.54. The van der Waals surface area contributed by atoms with Gasteiger partial charge < -0.3 is 15.5 Å². The van der Waals surface area contributed by atoms with E-state index in [9.17, 15) is 33.0 Å². The smallest absolute Gasteiger partial charge is 0.416 e. The molecular weight excluding hydrogens is 375 g/mol. The molecule has 1 aromatic carbocycles. The molecule has 0 radical (unpaired) electrons. The highest BCUT2D eigenvalue weighted by atomic mass is 19.4. The Balaban J connectivity index is 2.87. The van der Waals surface area contributed by atoms with Gasteiger partial charge in [-0.15, -0.1) is 0 Å². The molecule has 0 fully saturated rings. The number of allylic oxidation sites excluding steroid dienone is 2. The summed E-state index contributed by atoms with van der Waals surface area (Å²) in [5.41, 5.74) is -1.60. The van der Waals surface area contributed by atoms with Crippen LogP contribution in [0.2, 0.25) is 0 Å². The highest BCUT2D eigenvalue weighted by molar-refractivity contribution is 5.98. The lowest BCUT2D eigenvalue weighted by Crippen LogP contribution is -2.33. The Morgan fingerprint density at radius 3 is 1.82 bits per heavy atom. The van der Waals surface area contributed by atoms with Gasteiger partial charge in [-0.2, -0.15) is 13.2 Å². The van der Waals surface area contributed by atoms with Gasteiger partial charge in [0.15, 0.2) is 0 Å². The van der Waals surface area contributed by atoms with E-state index in [1.54, 1.807) is 0 Å². The van der Waals surface area contributed by atoms with E-state index in [2.05, 4.69) is 5.32 Å². The van der Waals surface area contributed by atoms with Crippen LogP contribution in [0.4, 0.5) is 13.2 Å². The van der Waals surface area contributed by atoms with Crippen LogP contribution < -0.4 is 5.32 Å². The van der Waals surface area contributed by atoms with Gasteiger partial charge in [0.05, 0.1) is 22.6 Å². The molecule has 0 aliphatic carbocycles. The molecule has 0 amide bonds. The first kappa shape index (κ1) is 21.5. The summed E-state index contributed by atoms with van der Waals surface area (Å²) < 4.78 is 40.8. The van der Waals surface area contributed by atoms with E-state index in [0.29, 0.717) is 12.8 Å². The van der Waals surface area contributed by atoms with Gasteiger partial charge >= 0.3 is 18.1 Å². The average Bonchev–Trinajstić information content (AvgIpc) is 2.60. The van der Waals surface area contributed by atoms with E-state index in [-0.39, 0.29) is 40.9 Å². The number of aliphatic carboxylic acids is 2. The number of rotatable bonds is 7. The molecule has 0 atom stereocenters. The van der Waals surface area contributed by atoms with Gasteiger partial charge in [-0.3, -0.25) is 0 Å². The number of carbonyl (C=O) groups is 2. The number of hydrogen-bond donors (Lipinski definition) is 3. The van der Waals surface area contributed by atoms with Gasteiger partial charge in [-0.25, -0.2) is 9.59 Å². The number of halogens is 3. The van der Waals surface area contributed by atoms with Crippen LogP contribution in [-0.2, 0) is 15.8 Å². The second-order valence-electron chi connectivity index (χ2n) is 6.54. The van der Waals surface area contributed by atoms with Crippen LogP contribution >= 0.6 is 0 Å². The van der Waals surface area contributed by atoms with Crippen molar-refractivity contribution in [1.29, 1.82) is 0 Å². The highest BCUT2D eigenvalue weighted by Crippen LogP contribution is 2.44. The average molecular weight is 397 g/mol. The molecule has 2 rings (SSSR count). The molecule has 3 N–H and O–H groups in total. The SMILES string of the molecule is CCCC1=C(C(=O)O)C(c2ccccc2C(F)(F)F)C(C(=O)O)=C(CCC)N1. The van der Waals surface area contributed by atoms with Crippen LogP contribution in [0.1, 0.15) is 56.6 Å². The molecule has 1 heterocycles. The summed E-state index contributed by atoms with van der Waals surface area (Å²) in [7, 11) is 0. The quantitative estimate of drug-likeness (QED) is 0.622. The highest BCUT2D eigenvalue weighted by Gasteiger charge is 2.43. The largest absolute Gasteiger partial charge is 0.478 e. The molecule has 1 aromatic rings. The van der Waals surface area contributed by atoms with Gasteiger partial charge in [-0.1, -0.05) is 44.9 Å². The van der Waals surface area contributed by atoms with E-state index in [4.69, 9.17) is 0 Å². The standard InChI is InChI=1S/C20H22F3NO4/c1-3-7-13-16(18(25)26)15(17(19(27)28)14(24-13)8-4-2)11-9-5-6-10-12(11)20(21,22)23/h5-6,9-10,15,24H,3-4,7-8H2,1-2H3,(H,25,26)(H,27,28). The Morgan fingerprint density at radius 1 is 0.964 bits per heavy atom. The topological polar surface area (TPSA) is 86.6 Å². The summed E-state index contributed by atoms with van der Waals surface area (Å²) in [5.74, 6) is -4.39. The van der Waals surface area contributed by atoms with Gasteiger partial charge in [0, 0.05) is 11.4 Å². The molecule has 28 heavy (non-hydrogen) atoms. The Hall–Kier alpha value is -2.77. The fraction of sp³-hybridized carbons (Fsp3) is 0.400. The zero-order valence-electron chi connectivity index (χ0n) is 15.6. The van der Waals surface area contributed by atoms with Crippen molar-refractivity contribution in [2.24, 2.45) is 0 Å². The monoisotopic (exact) mass is 397 g/mol. The fourth-order valence-electron chi connectivity index (χ4n) is 3.53. The number of dihydropyridines is 1. The number of carboxylic acids is 2. The first-order chi connectivity index (χ1) is 13.1. The minimum Gasteiger partial charge on any atom is -0.478 e. The first-order valence-electron chi connectivity index (χ1n) is 8.99. The summed E-state index contributed by atoms with van der Waals surface area (Å²) in [5, 5.41) is 22.5. The Morgan fingerprint density at radius 2 is 1.43 bits per heavy atom. The zero-order chi connectivity index (χ0) is 21.1. The zero-order valence-corrected chi connectivity index (χ0v) is 15.6. The minimum atomic E-state index is -4.75. The molecule has 1 aliphatic heterocycles. The summed E-state index contributed by atoms with van der Waals surface area (Å²) in [4.78, 5) is 24.0. The molecule has 0 bridgehead atoms. The lowest BCUT2D eigenvalue weighted by atomic mass is 9.77. The van der Waals surface area contributed by atoms with Crippen molar-refractivity contribution in [2.45, 2.75) is 51.6 Å². The second kappa shape index (κ2) is 8.50. The molecule has 0 saturated heterocycles. The van der Waals surface area contributed by atoms with Crippen molar-refractivity contribution in [2.75, 3.05) is 0 Å². The van der Waals surface area contributed by atoms with Crippen LogP contribution in [0.25, 0.3) is 0 Å². The van der Waals surface area contributed by atoms with E-state index in [1.807, 2.05) is 13.8 Å². The van der Waals surface area contributed by atoms with Crippen molar-refractivity contribution in [1.82, 2.24) is 5.32 Å². The van der Waals surface area contributed by atoms with E-state index in [0.717, 1.165) is 12.1 Å². The van der Waals surface area contributed by atoms with Crippen LogP contribution in [0.5, 0.6) is 0 Å². The van der Waals surface area contributed by atoms with Gasteiger partial charge in [0.1, 0.15) is 0 Å². The third kappa shape index (κ3) is 4.21. The maximum Gasteiger partial charge on any atom is 0.416 e. The van der Waals surface area contributed by atoms with Crippen molar-refractivity contribution in [3.8, 4) is 0 Å². The molecule has 0 aromatic heterocycles. The molecule has 8 heteroatoms. The van der Waals surface area contributed by atoms with E-state index < -0.39 is 29.6 Å². The molecule has 5 nitrogen and oxygen atoms in total. The summed E-state index contributed by atoms with van der Waals surface area (Å²) >= 11 is 0. The normalized spacial score (nSPS) is 15.6. The van der Waals surface area contributed by atoms with Crippen molar-refractivity contribution >= 4 is 11.9 Å². The number of hydrogen-bond acceptors (Lipinski definition) is 3.